The van der Waals surface area contributed by atoms with Gasteiger partial charge in [0.2, 0.25) is 11.8 Å². The van der Waals surface area contributed by atoms with Gasteiger partial charge in [0.1, 0.15) is 0 Å². The topological polar surface area (TPSA) is 105 Å². The Kier molecular flexibility index (Phi) is 5.62. The minimum atomic E-state index is -0.361. The zero-order valence-electron chi connectivity index (χ0n) is 17.3. The van der Waals surface area contributed by atoms with Gasteiger partial charge in [-0.1, -0.05) is 43.3 Å². The lowest BCUT2D eigenvalue weighted by molar-refractivity contribution is -0.116. The number of carbonyl (C=O) groups is 3. The lowest BCUT2D eigenvalue weighted by atomic mass is 10.1. The zero-order chi connectivity index (χ0) is 22.0. The number of hydrogen-bond donors (Lipinski definition) is 1. The number of amides is 3. The molecule has 31 heavy (non-hydrogen) atoms. The molecule has 1 aliphatic rings. The Morgan fingerprint density at radius 2 is 1.68 bits per heavy atom. The van der Waals surface area contributed by atoms with Crippen molar-refractivity contribution in [1.82, 2.24) is 15.0 Å². The predicted molar refractivity (Wildman–Crippen MR) is 113 cm³/mol. The van der Waals surface area contributed by atoms with Gasteiger partial charge in [-0.25, -0.2) is 0 Å². The first-order chi connectivity index (χ1) is 14.9. The maximum Gasteiger partial charge on any atom is 0.261 e. The second kappa shape index (κ2) is 8.51. The number of nitrogens with one attached hydrogen (secondary N) is 1. The fourth-order valence-electron chi connectivity index (χ4n) is 3.34. The molecule has 1 aliphatic heterocycles. The molecule has 0 fully saturated rings. The van der Waals surface area contributed by atoms with E-state index in [4.69, 9.17) is 4.52 Å². The van der Waals surface area contributed by atoms with Gasteiger partial charge in [0.15, 0.2) is 5.82 Å². The fraction of sp³-hybridized carbons (Fsp3) is 0.261. The molecule has 0 aliphatic carbocycles. The van der Waals surface area contributed by atoms with Crippen molar-refractivity contribution in [3.8, 4) is 0 Å². The number of benzene rings is 2. The van der Waals surface area contributed by atoms with Crippen LogP contribution in [-0.2, 0) is 11.2 Å². The SMILES string of the molecule is CC(C)c1nc(Cc2ccc(NC(=O)CCN3C(=O)c4ccccc4C3=O)cc2)no1. The third-order valence-corrected chi connectivity index (χ3v) is 5.02. The van der Waals surface area contributed by atoms with Crippen molar-refractivity contribution in [2.24, 2.45) is 0 Å². The predicted octanol–water partition coefficient (Wildman–Crippen LogP) is 3.41. The quantitative estimate of drug-likeness (QED) is 0.590. The summed E-state index contributed by atoms with van der Waals surface area (Å²) < 4.78 is 5.21. The van der Waals surface area contributed by atoms with E-state index >= 15 is 0 Å². The molecule has 0 bridgehead atoms. The second-order valence-electron chi connectivity index (χ2n) is 7.68. The van der Waals surface area contributed by atoms with Gasteiger partial charge < -0.3 is 9.84 Å². The van der Waals surface area contributed by atoms with Crippen LogP contribution in [0.1, 0.15) is 64.2 Å². The van der Waals surface area contributed by atoms with Gasteiger partial charge >= 0.3 is 0 Å². The summed E-state index contributed by atoms with van der Waals surface area (Å²) in [6.45, 7) is 4.01. The maximum atomic E-state index is 12.4. The van der Waals surface area contributed by atoms with Crippen LogP contribution in [-0.4, -0.2) is 39.3 Å². The smallest absolute Gasteiger partial charge is 0.261 e. The molecule has 2 heterocycles. The molecule has 0 saturated carbocycles. The van der Waals surface area contributed by atoms with Gasteiger partial charge in [-0.2, -0.15) is 4.98 Å². The Morgan fingerprint density at radius 1 is 1.03 bits per heavy atom. The third kappa shape index (κ3) is 4.37. The van der Waals surface area contributed by atoms with Crippen molar-refractivity contribution in [1.29, 1.82) is 0 Å². The number of anilines is 1. The van der Waals surface area contributed by atoms with Crippen LogP contribution < -0.4 is 5.32 Å². The van der Waals surface area contributed by atoms with Crippen LogP contribution in [0.5, 0.6) is 0 Å². The average molecular weight is 418 g/mol. The van der Waals surface area contributed by atoms with Crippen LogP contribution in [0.3, 0.4) is 0 Å². The largest absolute Gasteiger partial charge is 0.339 e. The lowest BCUT2D eigenvalue weighted by Gasteiger charge is -2.13. The summed E-state index contributed by atoms with van der Waals surface area (Å²) in [5, 5.41) is 6.77. The van der Waals surface area contributed by atoms with Gasteiger partial charge in [0.05, 0.1) is 11.1 Å². The number of rotatable bonds is 7. The molecule has 2 aromatic carbocycles. The highest BCUT2D eigenvalue weighted by atomic mass is 16.5. The standard InChI is InChI=1S/C23H22N4O4/c1-14(2)21-25-19(26-31-21)13-15-7-9-16(10-8-15)24-20(28)11-12-27-22(29)17-5-3-4-6-18(17)23(27)30/h3-10,14H,11-13H2,1-2H3,(H,24,28). The number of hydrogen-bond acceptors (Lipinski definition) is 6. The van der Waals surface area contributed by atoms with Gasteiger partial charge in [-0.15, -0.1) is 0 Å². The molecule has 0 saturated heterocycles. The summed E-state index contributed by atoms with van der Waals surface area (Å²) in [4.78, 5) is 42.5. The molecule has 0 spiro atoms. The van der Waals surface area contributed by atoms with Crippen LogP contribution in [0.2, 0.25) is 0 Å². The maximum absolute atomic E-state index is 12.4. The van der Waals surface area contributed by atoms with Crippen molar-refractivity contribution in [2.75, 3.05) is 11.9 Å². The molecular weight excluding hydrogens is 396 g/mol. The van der Waals surface area contributed by atoms with Crippen molar-refractivity contribution >= 4 is 23.4 Å². The zero-order valence-corrected chi connectivity index (χ0v) is 17.3. The molecule has 0 atom stereocenters. The molecule has 3 amide bonds. The molecule has 3 aromatic rings. The van der Waals surface area contributed by atoms with Crippen LogP contribution >= 0.6 is 0 Å². The first-order valence-corrected chi connectivity index (χ1v) is 10.1. The summed E-state index contributed by atoms with van der Waals surface area (Å²) in [5.41, 5.74) is 2.38. The van der Waals surface area contributed by atoms with Crippen LogP contribution in [0.4, 0.5) is 5.69 Å². The first kappa shape index (κ1) is 20.5. The van der Waals surface area contributed by atoms with E-state index in [1.54, 1.807) is 36.4 Å². The molecule has 0 unspecified atom stereocenters. The molecule has 1 N–H and O–H groups in total. The van der Waals surface area contributed by atoms with Crippen LogP contribution in [0, 0.1) is 0 Å². The second-order valence-corrected chi connectivity index (χ2v) is 7.68. The average Bonchev–Trinajstić information content (AvgIpc) is 3.32. The van der Waals surface area contributed by atoms with Gasteiger partial charge in [0.25, 0.3) is 11.8 Å². The van der Waals surface area contributed by atoms with Crippen molar-refractivity contribution in [3.63, 3.8) is 0 Å². The number of fused-ring (bicyclic) bond motifs is 1. The summed E-state index contributed by atoms with van der Waals surface area (Å²) in [6.07, 6.45) is 0.554. The van der Waals surface area contributed by atoms with Crippen molar-refractivity contribution in [2.45, 2.75) is 32.6 Å². The Hall–Kier alpha value is -3.81. The molecule has 8 heteroatoms. The van der Waals surface area contributed by atoms with Crippen molar-refractivity contribution < 1.29 is 18.9 Å². The van der Waals surface area contributed by atoms with E-state index in [0.717, 1.165) is 10.5 Å². The normalized spacial score (nSPS) is 13.1. The monoisotopic (exact) mass is 418 g/mol. The molecular formula is C23H22N4O4. The van der Waals surface area contributed by atoms with Gasteiger partial charge in [0, 0.05) is 31.0 Å². The van der Waals surface area contributed by atoms with E-state index in [9.17, 15) is 14.4 Å². The number of imide groups is 1. The summed E-state index contributed by atoms with van der Waals surface area (Å²) in [5.74, 6) is 0.404. The minimum absolute atomic E-state index is 0.0219. The highest BCUT2D eigenvalue weighted by Crippen LogP contribution is 2.22. The molecule has 158 valence electrons. The minimum Gasteiger partial charge on any atom is -0.339 e. The summed E-state index contributed by atoms with van der Waals surface area (Å²) >= 11 is 0. The summed E-state index contributed by atoms with van der Waals surface area (Å²) in [7, 11) is 0. The number of carbonyl (C=O) groups excluding carboxylic acids is 3. The van der Waals surface area contributed by atoms with Gasteiger partial charge in [-0.3, -0.25) is 19.3 Å². The Morgan fingerprint density at radius 3 is 2.26 bits per heavy atom. The molecule has 8 nitrogen and oxygen atoms in total. The van der Waals surface area contributed by atoms with Crippen LogP contribution in [0.15, 0.2) is 53.1 Å². The van der Waals surface area contributed by atoms with Crippen LogP contribution in [0.25, 0.3) is 0 Å². The van der Waals surface area contributed by atoms with E-state index in [2.05, 4.69) is 15.5 Å². The Bertz CT molecular complexity index is 1100. The fourth-order valence-corrected chi connectivity index (χ4v) is 3.34. The third-order valence-electron chi connectivity index (χ3n) is 5.02. The molecule has 4 rings (SSSR count). The first-order valence-electron chi connectivity index (χ1n) is 10.1. The van der Waals surface area contributed by atoms with E-state index in [0.29, 0.717) is 35.0 Å². The van der Waals surface area contributed by atoms with Gasteiger partial charge in [-0.05, 0) is 29.8 Å². The Balaban J connectivity index is 1.30. The number of nitrogens with zero attached hydrogens (tertiary/aromatic N) is 3. The summed E-state index contributed by atoms with van der Waals surface area (Å²) in [6, 6.07) is 14.0. The van der Waals surface area contributed by atoms with E-state index in [1.165, 1.54) is 0 Å². The van der Waals surface area contributed by atoms with E-state index < -0.39 is 0 Å². The van der Waals surface area contributed by atoms with Crippen molar-refractivity contribution in [3.05, 3.63) is 76.9 Å². The molecule has 1 aromatic heterocycles. The van der Waals surface area contributed by atoms with E-state index in [-0.39, 0.29) is 36.6 Å². The number of aromatic nitrogens is 2. The van der Waals surface area contributed by atoms with E-state index in [1.807, 2.05) is 26.0 Å². The highest BCUT2D eigenvalue weighted by molar-refractivity contribution is 6.21. The lowest BCUT2D eigenvalue weighted by Crippen LogP contribution is -2.32. The highest BCUT2D eigenvalue weighted by Gasteiger charge is 2.34. The molecule has 0 radical (unpaired) electrons. The Labute approximate surface area is 179 Å².